The van der Waals surface area contributed by atoms with Crippen molar-refractivity contribution in [3.05, 3.63) is 40.7 Å². The molecule has 0 saturated heterocycles. The molecule has 5 heteroatoms. The average Bonchev–Trinajstić information content (AvgIpc) is 3.25. The summed E-state index contributed by atoms with van der Waals surface area (Å²) in [5.41, 5.74) is 5.20. The van der Waals surface area contributed by atoms with Crippen LogP contribution in [-0.4, -0.2) is 31.6 Å². The number of nitrogens with zero attached hydrogens (tertiary/aromatic N) is 4. The largest absolute Gasteiger partial charge is 0.294 e. The van der Waals surface area contributed by atoms with Crippen molar-refractivity contribution in [1.82, 2.24) is 25.1 Å². The van der Waals surface area contributed by atoms with Gasteiger partial charge < -0.3 is 0 Å². The number of nitrogens with one attached hydrogen (secondary N) is 1. The van der Waals surface area contributed by atoms with Gasteiger partial charge in [0, 0.05) is 66.1 Å². The van der Waals surface area contributed by atoms with Gasteiger partial charge in [-0.25, -0.2) is 9.97 Å². The summed E-state index contributed by atoms with van der Waals surface area (Å²) in [5, 5.41) is 7.44. The quantitative estimate of drug-likeness (QED) is 0.947. The zero-order valence-electron chi connectivity index (χ0n) is 14.3. The Morgan fingerprint density at radius 3 is 2.83 bits per heavy atom. The molecular weight excluding hydrogens is 286 g/mol. The molecule has 0 bridgehead atoms. The highest BCUT2D eigenvalue weighted by Crippen LogP contribution is 2.38. The molecule has 0 amide bonds. The van der Waals surface area contributed by atoms with Crippen molar-refractivity contribution in [2.45, 2.75) is 64.5 Å². The van der Waals surface area contributed by atoms with Crippen LogP contribution in [0.1, 0.15) is 67.9 Å². The summed E-state index contributed by atoms with van der Waals surface area (Å²) < 4.78 is 0. The lowest BCUT2D eigenvalue weighted by Crippen LogP contribution is -2.31. The van der Waals surface area contributed by atoms with Gasteiger partial charge in [0.15, 0.2) is 0 Å². The maximum absolute atomic E-state index is 4.81. The van der Waals surface area contributed by atoms with Gasteiger partial charge in [0.2, 0.25) is 0 Å². The normalized spacial score (nSPS) is 18.9. The fourth-order valence-electron chi connectivity index (χ4n) is 3.38. The fraction of sp³-hybridized carbons (Fsp3) is 0.611. The van der Waals surface area contributed by atoms with E-state index in [-0.39, 0.29) is 5.41 Å². The number of aromatic nitrogens is 4. The Bertz CT molecular complexity index is 708. The van der Waals surface area contributed by atoms with E-state index in [1.54, 1.807) is 0 Å². The number of fused-ring (bicyclic) bond motifs is 1. The van der Waals surface area contributed by atoms with E-state index < -0.39 is 0 Å². The minimum absolute atomic E-state index is 0.0990. The molecule has 1 fully saturated rings. The Balaban J connectivity index is 1.49. The maximum Gasteiger partial charge on any atom is 0.131 e. The Hall–Kier alpha value is -1.75. The molecule has 4 rings (SSSR count). The smallest absolute Gasteiger partial charge is 0.131 e. The van der Waals surface area contributed by atoms with Crippen molar-refractivity contribution in [3.8, 4) is 0 Å². The Labute approximate surface area is 137 Å². The molecule has 2 aromatic heterocycles. The average molecular weight is 311 g/mol. The molecule has 2 aliphatic rings. The van der Waals surface area contributed by atoms with Gasteiger partial charge in [-0.3, -0.25) is 10.00 Å². The first-order valence-electron chi connectivity index (χ1n) is 8.60. The van der Waals surface area contributed by atoms with Gasteiger partial charge >= 0.3 is 0 Å². The topological polar surface area (TPSA) is 57.7 Å². The number of aromatic amines is 1. The molecule has 3 heterocycles. The number of hydrogen-bond acceptors (Lipinski definition) is 4. The second-order valence-electron chi connectivity index (χ2n) is 7.96. The van der Waals surface area contributed by atoms with E-state index in [9.17, 15) is 0 Å². The van der Waals surface area contributed by atoms with Gasteiger partial charge in [-0.2, -0.15) is 5.10 Å². The number of rotatable bonds is 3. The van der Waals surface area contributed by atoms with Crippen LogP contribution in [0.3, 0.4) is 0 Å². The zero-order valence-corrected chi connectivity index (χ0v) is 14.3. The Kier molecular flexibility index (Phi) is 3.48. The highest BCUT2D eigenvalue weighted by molar-refractivity contribution is 5.26. The van der Waals surface area contributed by atoms with Crippen LogP contribution in [0.4, 0.5) is 0 Å². The van der Waals surface area contributed by atoms with E-state index in [0.29, 0.717) is 5.92 Å². The summed E-state index contributed by atoms with van der Waals surface area (Å²) in [5.74, 6) is 1.71. The molecule has 23 heavy (non-hydrogen) atoms. The molecule has 1 saturated carbocycles. The van der Waals surface area contributed by atoms with E-state index in [0.717, 1.165) is 31.9 Å². The lowest BCUT2D eigenvalue weighted by Gasteiger charge is -2.29. The van der Waals surface area contributed by atoms with Crippen molar-refractivity contribution in [2.24, 2.45) is 0 Å². The van der Waals surface area contributed by atoms with Crippen LogP contribution in [-0.2, 0) is 24.9 Å². The molecular formula is C18H25N5. The molecule has 1 N–H and O–H groups in total. The monoisotopic (exact) mass is 311 g/mol. The van der Waals surface area contributed by atoms with Gasteiger partial charge in [0.1, 0.15) is 5.82 Å². The summed E-state index contributed by atoms with van der Waals surface area (Å²) in [6.45, 7) is 9.61. The van der Waals surface area contributed by atoms with E-state index in [1.165, 1.54) is 35.4 Å². The third kappa shape index (κ3) is 3.02. The Morgan fingerprint density at radius 2 is 2.09 bits per heavy atom. The van der Waals surface area contributed by atoms with Crippen LogP contribution in [0.2, 0.25) is 0 Å². The highest BCUT2D eigenvalue weighted by atomic mass is 15.2. The lowest BCUT2D eigenvalue weighted by molar-refractivity contribution is 0.241. The SMILES string of the molecule is CC(C)(C)c1[nH]ncc1CN1CCc2nc(C3CC3)ncc2C1. The van der Waals surface area contributed by atoms with Gasteiger partial charge in [0.05, 0.1) is 6.20 Å². The highest BCUT2D eigenvalue weighted by Gasteiger charge is 2.28. The van der Waals surface area contributed by atoms with Crippen LogP contribution < -0.4 is 0 Å². The van der Waals surface area contributed by atoms with Crippen LogP contribution in [0, 0.1) is 0 Å². The van der Waals surface area contributed by atoms with Gasteiger partial charge in [-0.15, -0.1) is 0 Å². The first kappa shape index (κ1) is 14.8. The van der Waals surface area contributed by atoms with Crippen molar-refractivity contribution < 1.29 is 0 Å². The summed E-state index contributed by atoms with van der Waals surface area (Å²) in [6.07, 6.45) is 7.59. The molecule has 0 unspecified atom stereocenters. The molecule has 2 aromatic rings. The van der Waals surface area contributed by atoms with Crippen LogP contribution in [0.15, 0.2) is 12.4 Å². The minimum Gasteiger partial charge on any atom is -0.294 e. The van der Waals surface area contributed by atoms with Crippen LogP contribution >= 0.6 is 0 Å². The third-order valence-corrected chi connectivity index (χ3v) is 4.84. The predicted octanol–water partition coefficient (Wildman–Crippen LogP) is 2.93. The summed E-state index contributed by atoms with van der Waals surface area (Å²) in [4.78, 5) is 11.9. The maximum atomic E-state index is 4.81. The summed E-state index contributed by atoms with van der Waals surface area (Å²) in [6, 6.07) is 0. The molecule has 0 atom stereocenters. The van der Waals surface area contributed by atoms with Crippen LogP contribution in [0.5, 0.6) is 0 Å². The molecule has 122 valence electrons. The summed E-state index contributed by atoms with van der Waals surface area (Å²) >= 11 is 0. The number of hydrogen-bond donors (Lipinski definition) is 1. The van der Waals surface area contributed by atoms with Crippen molar-refractivity contribution in [1.29, 1.82) is 0 Å². The molecule has 5 nitrogen and oxygen atoms in total. The van der Waals surface area contributed by atoms with Gasteiger partial charge in [-0.05, 0) is 12.8 Å². The third-order valence-electron chi connectivity index (χ3n) is 4.84. The van der Waals surface area contributed by atoms with Crippen molar-refractivity contribution >= 4 is 0 Å². The van der Waals surface area contributed by atoms with E-state index >= 15 is 0 Å². The zero-order chi connectivity index (χ0) is 16.0. The first-order chi connectivity index (χ1) is 11.0. The van der Waals surface area contributed by atoms with Gasteiger partial charge in [-0.1, -0.05) is 20.8 Å². The van der Waals surface area contributed by atoms with E-state index in [1.807, 2.05) is 6.20 Å². The van der Waals surface area contributed by atoms with E-state index in [2.05, 4.69) is 47.0 Å². The molecule has 1 aliphatic heterocycles. The number of H-pyrrole nitrogens is 1. The van der Waals surface area contributed by atoms with Crippen molar-refractivity contribution in [3.63, 3.8) is 0 Å². The molecule has 0 aromatic carbocycles. The van der Waals surface area contributed by atoms with Gasteiger partial charge in [0.25, 0.3) is 0 Å². The predicted molar refractivity (Wildman–Crippen MR) is 89.1 cm³/mol. The van der Waals surface area contributed by atoms with Crippen LogP contribution in [0.25, 0.3) is 0 Å². The second-order valence-corrected chi connectivity index (χ2v) is 7.96. The Morgan fingerprint density at radius 1 is 1.26 bits per heavy atom. The fourth-order valence-corrected chi connectivity index (χ4v) is 3.38. The molecule has 0 spiro atoms. The van der Waals surface area contributed by atoms with E-state index in [4.69, 9.17) is 4.98 Å². The standard InChI is InChI=1S/C18H25N5/c1-18(2,3)16-14(9-20-22-16)11-23-7-6-15-13(10-23)8-19-17(21-15)12-4-5-12/h8-9,12H,4-7,10-11H2,1-3H3,(H,20,22). The molecule has 0 radical (unpaired) electrons. The lowest BCUT2D eigenvalue weighted by atomic mass is 9.89. The first-order valence-corrected chi connectivity index (χ1v) is 8.60. The second kappa shape index (κ2) is 5.41. The molecule has 1 aliphatic carbocycles. The summed E-state index contributed by atoms with van der Waals surface area (Å²) in [7, 11) is 0. The minimum atomic E-state index is 0.0990. The van der Waals surface area contributed by atoms with Crippen molar-refractivity contribution in [2.75, 3.05) is 6.54 Å².